The van der Waals surface area contributed by atoms with Crippen molar-refractivity contribution in [1.29, 1.82) is 0 Å². The first-order chi connectivity index (χ1) is 14.5. The normalized spacial score (nSPS) is 25.4. The summed E-state index contributed by atoms with van der Waals surface area (Å²) in [5.41, 5.74) is -0.598. The van der Waals surface area contributed by atoms with Crippen LogP contribution < -0.4 is 5.32 Å². The lowest BCUT2D eigenvalue weighted by molar-refractivity contribution is -0.144. The van der Waals surface area contributed by atoms with Crippen LogP contribution in [0.2, 0.25) is 0 Å². The summed E-state index contributed by atoms with van der Waals surface area (Å²) in [7, 11) is 0. The Morgan fingerprint density at radius 1 is 1.03 bits per heavy atom. The molecule has 2 heterocycles. The molecule has 5 rings (SSSR count). The second-order valence-electron chi connectivity index (χ2n) is 8.84. The van der Waals surface area contributed by atoms with E-state index >= 15 is 0 Å². The number of benzene rings is 1. The van der Waals surface area contributed by atoms with Gasteiger partial charge in [-0.05, 0) is 49.9 Å². The molecular formula is C22H26FN3O4. The van der Waals surface area contributed by atoms with Crippen LogP contribution in [0.3, 0.4) is 0 Å². The predicted molar refractivity (Wildman–Crippen MR) is 105 cm³/mol. The van der Waals surface area contributed by atoms with Crippen LogP contribution in [0, 0.1) is 11.7 Å². The fourth-order valence-corrected chi connectivity index (χ4v) is 4.49. The van der Waals surface area contributed by atoms with E-state index in [0.717, 1.165) is 25.7 Å². The first-order valence-electron chi connectivity index (χ1n) is 10.8. The lowest BCUT2D eigenvalue weighted by Crippen LogP contribution is -2.60. The molecule has 1 aromatic rings. The molecule has 4 fully saturated rings. The van der Waals surface area contributed by atoms with Gasteiger partial charge < -0.3 is 15.0 Å². The summed E-state index contributed by atoms with van der Waals surface area (Å²) < 4.78 is 19.5. The third kappa shape index (κ3) is 3.57. The van der Waals surface area contributed by atoms with Crippen LogP contribution in [0.5, 0.6) is 0 Å². The van der Waals surface area contributed by atoms with Crippen molar-refractivity contribution in [1.82, 2.24) is 15.1 Å². The van der Waals surface area contributed by atoms with E-state index in [4.69, 9.17) is 4.74 Å². The van der Waals surface area contributed by atoms with Crippen molar-refractivity contribution in [2.45, 2.75) is 56.3 Å². The fourth-order valence-electron chi connectivity index (χ4n) is 4.49. The van der Waals surface area contributed by atoms with Crippen LogP contribution in [-0.2, 0) is 14.3 Å². The van der Waals surface area contributed by atoms with Crippen LogP contribution in [-0.4, -0.2) is 65.0 Å². The minimum Gasteiger partial charge on any atom is -0.353 e. The number of hydrogen-bond acceptors (Lipinski definition) is 4. The van der Waals surface area contributed by atoms with Gasteiger partial charge in [-0.15, -0.1) is 0 Å². The standard InChI is InChI=1S/C22H26FN3O4/c23-16-5-3-15(4-6-16)21(29)26-18(19(27)24-17-7-8-17)13-30-22(26)9-11-25(12-10-22)20(28)14-1-2-14/h3-6,14,17-18H,1-2,7-13H2,(H,24,27)/t18-/m1/s1. The average Bonchev–Trinajstić information content (AvgIpc) is 3.67. The fraction of sp³-hybridized carbons (Fsp3) is 0.591. The quantitative estimate of drug-likeness (QED) is 0.812. The van der Waals surface area contributed by atoms with Gasteiger partial charge in [-0.25, -0.2) is 4.39 Å². The lowest BCUT2D eigenvalue weighted by Gasteiger charge is -2.44. The van der Waals surface area contributed by atoms with Gasteiger partial charge >= 0.3 is 0 Å². The zero-order valence-electron chi connectivity index (χ0n) is 16.8. The van der Waals surface area contributed by atoms with E-state index in [9.17, 15) is 18.8 Å². The average molecular weight is 415 g/mol. The summed E-state index contributed by atoms with van der Waals surface area (Å²) in [6.45, 7) is 1.13. The Balaban J connectivity index is 1.39. The van der Waals surface area contributed by atoms with Crippen LogP contribution in [0.15, 0.2) is 24.3 Å². The van der Waals surface area contributed by atoms with Gasteiger partial charge in [-0.3, -0.25) is 19.3 Å². The Morgan fingerprint density at radius 2 is 1.70 bits per heavy atom. The van der Waals surface area contributed by atoms with Gasteiger partial charge in [-0.2, -0.15) is 0 Å². The maximum Gasteiger partial charge on any atom is 0.256 e. The molecule has 0 unspecified atom stereocenters. The van der Waals surface area contributed by atoms with Crippen molar-refractivity contribution in [2.75, 3.05) is 19.7 Å². The highest BCUT2D eigenvalue weighted by Crippen LogP contribution is 2.40. The molecule has 1 N–H and O–H groups in total. The van der Waals surface area contributed by atoms with Crippen molar-refractivity contribution in [3.8, 4) is 0 Å². The van der Waals surface area contributed by atoms with Crippen LogP contribution >= 0.6 is 0 Å². The molecule has 3 amide bonds. The zero-order chi connectivity index (χ0) is 20.9. The predicted octanol–water partition coefficient (Wildman–Crippen LogP) is 1.67. The smallest absolute Gasteiger partial charge is 0.256 e. The molecule has 0 bridgehead atoms. The number of halogens is 1. The Hall–Kier alpha value is -2.48. The highest BCUT2D eigenvalue weighted by atomic mass is 19.1. The van der Waals surface area contributed by atoms with E-state index in [1.165, 1.54) is 24.3 Å². The Bertz CT molecular complexity index is 858. The number of ether oxygens (including phenoxy) is 1. The second kappa shape index (κ2) is 7.34. The SMILES string of the molecule is O=C(NC1CC1)[C@H]1COC2(CCN(C(=O)C3CC3)CC2)N1C(=O)c1ccc(F)cc1. The van der Waals surface area contributed by atoms with E-state index in [0.29, 0.717) is 31.5 Å². The summed E-state index contributed by atoms with van der Waals surface area (Å²) in [5, 5.41) is 2.98. The summed E-state index contributed by atoms with van der Waals surface area (Å²) >= 11 is 0. The third-order valence-electron chi connectivity index (χ3n) is 6.58. The zero-order valence-corrected chi connectivity index (χ0v) is 16.8. The first-order valence-corrected chi connectivity index (χ1v) is 10.8. The molecule has 2 saturated carbocycles. The van der Waals surface area contributed by atoms with Gasteiger partial charge in [0, 0.05) is 43.5 Å². The van der Waals surface area contributed by atoms with Gasteiger partial charge in [0.1, 0.15) is 17.6 Å². The summed E-state index contributed by atoms with van der Waals surface area (Å²) in [6.07, 6.45) is 4.74. The summed E-state index contributed by atoms with van der Waals surface area (Å²) in [4.78, 5) is 42.2. The number of piperidine rings is 1. The van der Waals surface area contributed by atoms with Crippen molar-refractivity contribution in [3.05, 3.63) is 35.6 Å². The number of carbonyl (C=O) groups is 3. The van der Waals surface area contributed by atoms with Crippen molar-refractivity contribution in [3.63, 3.8) is 0 Å². The lowest BCUT2D eigenvalue weighted by atomic mass is 9.96. The highest BCUT2D eigenvalue weighted by Gasteiger charge is 2.55. The number of nitrogens with zero attached hydrogens (tertiary/aromatic N) is 2. The van der Waals surface area contributed by atoms with E-state index in [1.54, 1.807) is 4.90 Å². The van der Waals surface area contributed by atoms with E-state index < -0.39 is 17.6 Å². The van der Waals surface area contributed by atoms with Gasteiger partial charge in [0.25, 0.3) is 5.91 Å². The highest BCUT2D eigenvalue weighted by molar-refractivity contribution is 5.98. The molecule has 1 spiro atoms. The monoisotopic (exact) mass is 415 g/mol. The molecule has 0 radical (unpaired) electrons. The molecular weight excluding hydrogens is 389 g/mol. The molecule has 1 aromatic carbocycles. The molecule has 2 aliphatic heterocycles. The molecule has 8 heteroatoms. The van der Waals surface area contributed by atoms with E-state index in [1.807, 2.05) is 4.90 Å². The van der Waals surface area contributed by atoms with Crippen molar-refractivity contribution >= 4 is 17.7 Å². The van der Waals surface area contributed by atoms with E-state index in [2.05, 4.69) is 5.32 Å². The van der Waals surface area contributed by atoms with Gasteiger partial charge in [0.15, 0.2) is 0 Å². The Kier molecular flexibility index (Phi) is 4.76. The molecule has 160 valence electrons. The molecule has 0 aromatic heterocycles. The largest absolute Gasteiger partial charge is 0.353 e. The van der Waals surface area contributed by atoms with Crippen LogP contribution in [0.4, 0.5) is 4.39 Å². The minimum absolute atomic E-state index is 0.127. The van der Waals surface area contributed by atoms with E-state index in [-0.39, 0.29) is 36.3 Å². The summed E-state index contributed by atoms with van der Waals surface area (Å²) in [6, 6.07) is 4.81. The van der Waals surface area contributed by atoms with Gasteiger partial charge in [0.2, 0.25) is 11.8 Å². The number of rotatable bonds is 4. The van der Waals surface area contributed by atoms with Gasteiger partial charge in [0.05, 0.1) is 6.61 Å². The molecule has 2 aliphatic carbocycles. The van der Waals surface area contributed by atoms with Crippen LogP contribution in [0.1, 0.15) is 48.9 Å². The third-order valence-corrected chi connectivity index (χ3v) is 6.58. The molecule has 7 nitrogen and oxygen atoms in total. The molecule has 2 saturated heterocycles. The maximum absolute atomic E-state index is 13.4. The molecule has 30 heavy (non-hydrogen) atoms. The molecule has 1 atom stereocenters. The van der Waals surface area contributed by atoms with Crippen molar-refractivity contribution < 1.29 is 23.5 Å². The van der Waals surface area contributed by atoms with Crippen LogP contribution in [0.25, 0.3) is 0 Å². The number of hydrogen-bond donors (Lipinski definition) is 1. The second-order valence-corrected chi connectivity index (χ2v) is 8.84. The number of likely N-dealkylation sites (tertiary alicyclic amines) is 1. The number of carbonyl (C=O) groups excluding carboxylic acids is 3. The number of nitrogens with one attached hydrogen (secondary N) is 1. The Labute approximate surface area is 174 Å². The topological polar surface area (TPSA) is 79.0 Å². The number of amides is 3. The van der Waals surface area contributed by atoms with Crippen molar-refractivity contribution in [2.24, 2.45) is 5.92 Å². The first kappa shape index (κ1) is 19.5. The summed E-state index contributed by atoms with van der Waals surface area (Å²) in [5.74, 6) is -0.638. The minimum atomic E-state index is -0.919. The van der Waals surface area contributed by atoms with Gasteiger partial charge in [-0.1, -0.05) is 0 Å². The Morgan fingerprint density at radius 3 is 2.30 bits per heavy atom. The maximum atomic E-state index is 13.4. The molecule has 4 aliphatic rings.